The van der Waals surface area contributed by atoms with Crippen LogP contribution in [0.15, 0.2) is 30.5 Å². The first-order valence-corrected chi connectivity index (χ1v) is 6.17. The van der Waals surface area contributed by atoms with Crippen LogP contribution >= 0.6 is 0 Å². The van der Waals surface area contributed by atoms with E-state index in [1.807, 2.05) is 44.2 Å². The fourth-order valence-corrected chi connectivity index (χ4v) is 1.80. The van der Waals surface area contributed by atoms with Gasteiger partial charge in [0, 0.05) is 17.3 Å². The van der Waals surface area contributed by atoms with Crippen molar-refractivity contribution in [2.75, 3.05) is 7.11 Å². The third kappa shape index (κ3) is 2.96. The summed E-state index contributed by atoms with van der Waals surface area (Å²) < 4.78 is 5.17. The third-order valence-corrected chi connectivity index (χ3v) is 2.96. The predicted molar refractivity (Wildman–Crippen MR) is 77.4 cm³/mol. The minimum Gasteiger partial charge on any atom is -0.497 e. The lowest BCUT2D eigenvalue weighted by molar-refractivity contribution is 0.414. The second-order valence-corrected chi connectivity index (χ2v) is 4.43. The van der Waals surface area contributed by atoms with Crippen molar-refractivity contribution in [3.05, 3.63) is 58.4 Å². The van der Waals surface area contributed by atoms with Crippen LogP contribution in [0.1, 0.15) is 27.9 Å². The summed E-state index contributed by atoms with van der Waals surface area (Å²) in [5.74, 6) is 7.01. The van der Waals surface area contributed by atoms with Crippen LogP contribution in [-0.4, -0.2) is 12.1 Å². The first-order chi connectivity index (χ1) is 9.63. The van der Waals surface area contributed by atoms with Crippen molar-refractivity contribution in [1.82, 2.24) is 4.98 Å². The molecule has 98 valence electrons. The standard InChI is InChI=1S/C17H14N2O/c1-12-9-16(20-3)7-6-15(12)5-4-14-8-13(2)17(10-18)19-11-14/h6-9,11H,1-3H3. The van der Waals surface area contributed by atoms with Gasteiger partial charge in [-0.15, -0.1) is 0 Å². The number of aromatic nitrogens is 1. The van der Waals surface area contributed by atoms with E-state index in [1.54, 1.807) is 13.3 Å². The van der Waals surface area contributed by atoms with Gasteiger partial charge in [0.05, 0.1) is 7.11 Å². The van der Waals surface area contributed by atoms with Crippen molar-refractivity contribution in [3.63, 3.8) is 0 Å². The van der Waals surface area contributed by atoms with Gasteiger partial charge in [-0.2, -0.15) is 5.26 Å². The van der Waals surface area contributed by atoms with Gasteiger partial charge in [0.1, 0.15) is 17.5 Å². The summed E-state index contributed by atoms with van der Waals surface area (Å²) >= 11 is 0. The summed E-state index contributed by atoms with van der Waals surface area (Å²) in [6.07, 6.45) is 1.62. The number of methoxy groups -OCH3 is 1. The maximum absolute atomic E-state index is 8.84. The monoisotopic (exact) mass is 262 g/mol. The lowest BCUT2D eigenvalue weighted by Gasteiger charge is -2.02. The summed E-state index contributed by atoms with van der Waals surface area (Å²) in [6.45, 7) is 3.85. The van der Waals surface area contributed by atoms with Crippen LogP contribution in [0.4, 0.5) is 0 Å². The highest BCUT2D eigenvalue weighted by Gasteiger charge is 2.00. The Kier molecular flexibility index (Phi) is 4.03. The highest BCUT2D eigenvalue weighted by atomic mass is 16.5. The highest BCUT2D eigenvalue weighted by Crippen LogP contribution is 2.16. The largest absolute Gasteiger partial charge is 0.497 e. The van der Waals surface area contributed by atoms with Gasteiger partial charge in [-0.1, -0.05) is 11.8 Å². The second-order valence-electron chi connectivity index (χ2n) is 4.43. The van der Waals surface area contributed by atoms with Crippen LogP contribution in [0.5, 0.6) is 5.75 Å². The number of nitrogens with zero attached hydrogens (tertiary/aromatic N) is 2. The average molecular weight is 262 g/mol. The van der Waals surface area contributed by atoms with Crippen molar-refractivity contribution < 1.29 is 4.74 Å². The molecule has 0 fully saturated rings. The van der Waals surface area contributed by atoms with Crippen molar-refractivity contribution in [2.24, 2.45) is 0 Å². The van der Waals surface area contributed by atoms with Gasteiger partial charge in [-0.3, -0.25) is 0 Å². The number of hydrogen-bond donors (Lipinski definition) is 0. The van der Waals surface area contributed by atoms with E-state index in [0.717, 1.165) is 28.0 Å². The van der Waals surface area contributed by atoms with E-state index >= 15 is 0 Å². The quantitative estimate of drug-likeness (QED) is 0.742. The van der Waals surface area contributed by atoms with Crippen molar-refractivity contribution >= 4 is 0 Å². The van der Waals surface area contributed by atoms with Gasteiger partial charge < -0.3 is 4.74 Å². The van der Waals surface area contributed by atoms with Crippen LogP contribution in [0.3, 0.4) is 0 Å². The molecule has 0 saturated heterocycles. The molecule has 20 heavy (non-hydrogen) atoms. The molecule has 0 N–H and O–H groups in total. The number of hydrogen-bond acceptors (Lipinski definition) is 3. The number of pyridine rings is 1. The molecule has 2 aromatic rings. The van der Waals surface area contributed by atoms with Crippen LogP contribution in [0.25, 0.3) is 0 Å². The Morgan fingerprint density at radius 1 is 1.10 bits per heavy atom. The van der Waals surface area contributed by atoms with Crippen molar-refractivity contribution in [3.8, 4) is 23.7 Å². The Labute approximate surface area is 118 Å². The molecule has 3 nitrogen and oxygen atoms in total. The van der Waals surface area contributed by atoms with E-state index in [2.05, 4.69) is 16.8 Å². The summed E-state index contributed by atoms with van der Waals surface area (Å²) in [5.41, 5.74) is 4.10. The van der Waals surface area contributed by atoms with Crippen LogP contribution in [0.2, 0.25) is 0 Å². The van der Waals surface area contributed by atoms with Crippen LogP contribution in [-0.2, 0) is 0 Å². The van der Waals surface area contributed by atoms with Crippen LogP contribution < -0.4 is 4.74 Å². The van der Waals surface area contributed by atoms with E-state index < -0.39 is 0 Å². The molecular formula is C17H14N2O. The smallest absolute Gasteiger partial charge is 0.143 e. The molecule has 0 amide bonds. The lowest BCUT2D eigenvalue weighted by atomic mass is 10.1. The first-order valence-electron chi connectivity index (χ1n) is 6.17. The Bertz CT molecular complexity index is 746. The molecule has 0 aliphatic rings. The molecule has 0 aliphatic heterocycles. The summed E-state index contributed by atoms with van der Waals surface area (Å²) in [4.78, 5) is 4.08. The fraction of sp³-hybridized carbons (Fsp3) is 0.176. The highest BCUT2D eigenvalue weighted by molar-refractivity contribution is 5.49. The Morgan fingerprint density at radius 3 is 2.50 bits per heavy atom. The summed E-state index contributed by atoms with van der Waals surface area (Å²) in [7, 11) is 1.64. The van der Waals surface area contributed by atoms with Crippen molar-refractivity contribution in [1.29, 1.82) is 5.26 Å². The number of aryl methyl sites for hydroxylation is 2. The summed E-state index contributed by atoms with van der Waals surface area (Å²) in [5, 5.41) is 8.84. The molecule has 2 rings (SSSR count). The number of benzene rings is 1. The Hall–Kier alpha value is -2.78. The Balaban J connectivity index is 2.32. The number of ether oxygens (including phenoxy) is 1. The maximum Gasteiger partial charge on any atom is 0.143 e. The average Bonchev–Trinajstić information content (AvgIpc) is 2.46. The zero-order valence-corrected chi connectivity index (χ0v) is 11.7. The number of nitriles is 1. The molecule has 0 atom stereocenters. The SMILES string of the molecule is COc1ccc(C#Cc2cnc(C#N)c(C)c2)c(C)c1. The molecule has 0 radical (unpaired) electrons. The lowest BCUT2D eigenvalue weighted by Crippen LogP contribution is -1.90. The van der Waals surface area contributed by atoms with Crippen molar-refractivity contribution in [2.45, 2.75) is 13.8 Å². The maximum atomic E-state index is 8.84. The third-order valence-electron chi connectivity index (χ3n) is 2.96. The molecule has 0 saturated carbocycles. The van der Waals surface area contributed by atoms with E-state index in [0.29, 0.717) is 5.69 Å². The first kappa shape index (κ1) is 13.6. The molecule has 3 heteroatoms. The fourth-order valence-electron chi connectivity index (χ4n) is 1.80. The van der Waals surface area contributed by atoms with Gasteiger partial charge >= 0.3 is 0 Å². The normalized spacial score (nSPS) is 9.30. The molecule has 0 aliphatic carbocycles. The predicted octanol–water partition coefficient (Wildman–Crippen LogP) is 2.98. The van der Waals surface area contributed by atoms with E-state index in [9.17, 15) is 0 Å². The van der Waals surface area contributed by atoms with Gasteiger partial charge in [-0.05, 0) is 49.2 Å². The molecular weight excluding hydrogens is 248 g/mol. The minimum absolute atomic E-state index is 0.441. The van der Waals surface area contributed by atoms with Crippen LogP contribution in [0, 0.1) is 37.0 Å². The topological polar surface area (TPSA) is 45.9 Å². The zero-order chi connectivity index (χ0) is 14.5. The molecule has 1 aromatic heterocycles. The molecule has 0 unspecified atom stereocenters. The minimum atomic E-state index is 0.441. The summed E-state index contributed by atoms with van der Waals surface area (Å²) in [6, 6.07) is 9.69. The molecule has 0 spiro atoms. The van der Waals surface area contributed by atoms with E-state index in [1.165, 1.54) is 0 Å². The zero-order valence-electron chi connectivity index (χ0n) is 11.7. The molecule has 1 heterocycles. The Morgan fingerprint density at radius 2 is 1.90 bits per heavy atom. The van der Waals surface area contributed by atoms with Gasteiger partial charge in [-0.25, -0.2) is 4.98 Å². The number of rotatable bonds is 1. The van der Waals surface area contributed by atoms with E-state index in [4.69, 9.17) is 10.00 Å². The van der Waals surface area contributed by atoms with Gasteiger partial charge in [0.25, 0.3) is 0 Å². The van der Waals surface area contributed by atoms with E-state index in [-0.39, 0.29) is 0 Å². The van der Waals surface area contributed by atoms with Gasteiger partial charge in [0.15, 0.2) is 0 Å². The second kappa shape index (κ2) is 5.91. The molecule has 1 aromatic carbocycles. The molecule has 0 bridgehead atoms. The van der Waals surface area contributed by atoms with Gasteiger partial charge in [0.2, 0.25) is 0 Å².